The first-order valence-corrected chi connectivity index (χ1v) is 8.65. The van der Waals surface area contributed by atoms with Gasteiger partial charge in [0.05, 0.1) is 0 Å². The van der Waals surface area contributed by atoms with E-state index in [2.05, 4.69) is 5.32 Å². The lowest BCUT2D eigenvalue weighted by Gasteiger charge is -2.21. The number of esters is 1. The Morgan fingerprint density at radius 1 is 1.07 bits per heavy atom. The number of nitrogens with one attached hydrogen (secondary N) is 1. The Morgan fingerprint density at radius 3 is 2.30 bits per heavy atom. The van der Waals surface area contributed by atoms with Crippen molar-refractivity contribution in [1.29, 1.82) is 0 Å². The van der Waals surface area contributed by atoms with Crippen LogP contribution in [0.25, 0.3) is 11.0 Å². The molecule has 0 spiro atoms. The molecule has 7 nitrogen and oxygen atoms in total. The molecule has 1 amide bonds. The largest absolute Gasteiger partial charge is 0.444 e. The number of hydrogen-bond donors (Lipinski definition) is 1. The van der Waals surface area contributed by atoms with Crippen LogP contribution in [0, 0.1) is 20.8 Å². The predicted octanol–water partition coefficient (Wildman–Crippen LogP) is 3.54. The molecule has 0 radical (unpaired) electrons. The van der Waals surface area contributed by atoms with Crippen molar-refractivity contribution in [2.75, 3.05) is 0 Å². The van der Waals surface area contributed by atoms with Gasteiger partial charge in [-0.05, 0) is 66.2 Å². The van der Waals surface area contributed by atoms with Crippen molar-refractivity contribution in [1.82, 2.24) is 5.32 Å². The SMILES string of the molecule is Cc1c(C)c2ccc(OC(=O)[C@@H](C)NC(=O)OC(C)(C)C)c(C)c2oc1=O. The van der Waals surface area contributed by atoms with E-state index >= 15 is 0 Å². The maximum atomic E-state index is 12.3. The molecule has 0 fully saturated rings. The molecule has 0 aliphatic carbocycles. The second-order valence-electron chi connectivity index (χ2n) is 7.49. The highest BCUT2D eigenvalue weighted by atomic mass is 16.6. The number of carbonyl (C=O) groups is 2. The van der Waals surface area contributed by atoms with Crippen molar-refractivity contribution >= 4 is 23.0 Å². The second kappa shape index (κ2) is 7.42. The van der Waals surface area contributed by atoms with Gasteiger partial charge in [0.2, 0.25) is 0 Å². The Bertz CT molecular complexity index is 952. The van der Waals surface area contributed by atoms with Crippen molar-refractivity contribution in [2.24, 2.45) is 0 Å². The first-order valence-electron chi connectivity index (χ1n) is 8.65. The number of fused-ring (bicyclic) bond motifs is 1. The molecule has 0 aliphatic heterocycles. The lowest BCUT2D eigenvalue weighted by molar-refractivity contribution is -0.136. The number of rotatable bonds is 3. The molecular formula is C20H25NO6. The summed E-state index contributed by atoms with van der Waals surface area (Å²) in [5.74, 6) is -0.397. The fourth-order valence-corrected chi connectivity index (χ4v) is 2.48. The van der Waals surface area contributed by atoms with E-state index in [4.69, 9.17) is 13.9 Å². The van der Waals surface area contributed by atoms with Gasteiger partial charge < -0.3 is 19.2 Å². The first kappa shape index (κ1) is 20.5. The fourth-order valence-electron chi connectivity index (χ4n) is 2.48. The van der Waals surface area contributed by atoms with Gasteiger partial charge in [0.15, 0.2) is 0 Å². The number of benzene rings is 1. The molecule has 1 atom stereocenters. The van der Waals surface area contributed by atoms with Gasteiger partial charge in [-0.15, -0.1) is 0 Å². The van der Waals surface area contributed by atoms with E-state index in [0.717, 1.165) is 10.9 Å². The van der Waals surface area contributed by atoms with Crippen LogP contribution in [-0.4, -0.2) is 23.7 Å². The molecule has 0 saturated carbocycles. The third-order valence-corrected chi connectivity index (χ3v) is 4.12. The smallest absolute Gasteiger partial charge is 0.408 e. The summed E-state index contributed by atoms with van der Waals surface area (Å²) in [4.78, 5) is 36.0. The standard InChI is InChI=1S/C20H25NO6/c1-10-11(2)17(22)26-16-12(3)15(9-8-14(10)16)25-18(23)13(4)21-19(24)27-20(5,6)7/h8-9,13H,1-7H3,(H,21,24)/t13-/m1/s1. The van der Waals surface area contributed by atoms with E-state index in [1.165, 1.54) is 6.92 Å². The minimum atomic E-state index is -0.915. The monoisotopic (exact) mass is 375 g/mol. The van der Waals surface area contributed by atoms with Crippen LogP contribution in [0.1, 0.15) is 44.4 Å². The average Bonchev–Trinajstić information content (AvgIpc) is 2.54. The van der Waals surface area contributed by atoms with Crippen LogP contribution < -0.4 is 15.7 Å². The van der Waals surface area contributed by atoms with E-state index in [9.17, 15) is 14.4 Å². The minimum absolute atomic E-state index is 0.261. The first-order chi connectivity index (χ1) is 12.4. The van der Waals surface area contributed by atoms with E-state index in [1.807, 2.05) is 6.92 Å². The Hall–Kier alpha value is -2.83. The highest BCUT2D eigenvalue weighted by molar-refractivity contribution is 5.88. The lowest BCUT2D eigenvalue weighted by Crippen LogP contribution is -2.43. The van der Waals surface area contributed by atoms with Crippen molar-refractivity contribution < 1.29 is 23.5 Å². The van der Waals surface area contributed by atoms with E-state index in [1.54, 1.807) is 46.8 Å². The molecule has 1 aromatic carbocycles. The van der Waals surface area contributed by atoms with Crippen molar-refractivity contribution in [3.05, 3.63) is 39.2 Å². The predicted molar refractivity (Wildman–Crippen MR) is 101 cm³/mol. The number of hydrogen-bond acceptors (Lipinski definition) is 6. The number of ether oxygens (including phenoxy) is 2. The molecule has 0 aliphatic rings. The van der Waals surface area contributed by atoms with Gasteiger partial charge in [-0.1, -0.05) is 0 Å². The summed E-state index contributed by atoms with van der Waals surface area (Å²) in [5, 5.41) is 3.21. The normalized spacial score (nSPS) is 12.6. The average molecular weight is 375 g/mol. The highest BCUT2D eigenvalue weighted by Gasteiger charge is 2.23. The summed E-state index contributed by atoms with van der Waals surface area (Å²) in [6.45, 7) is 11.9. The van der Waals surface area contributed by atoms with Crippen LogP contribution >= 0.6 is 0 Å². The number of alkyl carbamates (subject to hydrolysis) is 1. The minimum Gasteiger partial charge on any atom is -0.444 e. The topological polar surface area (TPSA) is 94.8 Å². The Balaban J connectivity index is 2.22. The molecule has 0 bridgehead atoms. The zero-order chi connectivity index (χ0) is 20.5. The molecule has 1 heterocycles. The molecule has 7 heteroatoms. The van der Waals surface area contributed by atoms with Gasteiger partial charge in [0, 0.05) is 16.5 Å². The van der Waals surface area contributed by atoms with Gasteiger partial charge in [-0.3, -0.25) is 0 Å². The summed E-state index contributed by atoms with van der Waals surface area (Å²) in [6.07, 6.45) is -0.709. The summed E-state index contributed by atoms with van der Waals surface area (Å²) in [5.41, 5.74) is 1.18. The zero-order valence-electron chi connectivity index (χ0n) is 16.7. The van der Waals surface area contributed by atoms with Crippen LogP contribution in [-0.2, 0) is 9.53 Å². The Morgan fingerprint density at radius 2 is 1.70 bits per heavy atom. The quantitative estimate of drug-likeness (QED) is 0.501. The van der Waals surface area contributed by atoms with E-state index in [0.29, 0.717) is 16.7 Å². The molecule has 146 valence electrons. The molecule has 1 N–H and O–H groups in total. The maximum absolute atomic E-state index is 12.3. The molecule has 2 aromatic rings. The summed E-state index contributed by atoms with van der Waals surface area (Å²) < 4.78 is 15.9. The van der Waals surface area contributed by atoms with Gasteiger partial charge in [0.25, 0.3) is 0 Å². The second-order valence-corrected chi connectivity index (χ2v) is 7.49. The van der Waals surface area contributed by atoms with Gasteiger partial charge in [0.1, 0.15) is 23.0 Å². The van der Waals surface area contributed by atoms with Crippen LogP contribution in [0.3, 0.4) is 0 Å². The molecule has 27 heavy (non-hydrogen) atoms. The van der Waals surface area contributed by atoms with Gasteiger partial charge >= 0.3 is 17.7 Å². The summed E-state index contributed by atoms with van der Waals surface area (Å²) in [7, 11) is 0. The van der Waals surface area contributed by atoms with Gasteiger partial charge in [-0.25, -0.2) is 14.4 Å². The third kappa shape index (κ3) is 4.67. The third-order valence-electron chi connectivity index (χ3n) is 4.12. The lowest BCUT2D eigenvalue weighted by atomic mass is 10.0. The number of aryl methyl sites for hydroxylation is 2. The Labute approximate surface area is 157 Å². The molecule has 2 rings (SSSR count). The van der Waals surface area contributed by atoms with Crippen molar-refractivity contribution in [3.63, 3.8) is 0 Å². The molecular weight excluding hydrogens is 350 g/mol. The maximum Gasteiger partial charge on any atom is 0.408 e. The highest BCUT2D eigenvalue weighted by Crippen LogP contribution is 2.29. The van der Waals surface area contributed by atoms with Crippen LogP contribution in [0.2, 0.25) is 0 Å². The van der Waals surface area contributed by atoms with Crippen LogP contribution in [0.15, 0.2) is 21.3 Å². The number of carbonyl (C=O) groups excluding carboxylic acids is 2. The fraction of sp³-hybridized carbons (Fsp3) is 0.450. The Kier molecular flexibility index (Phi) is 5.63. The zero-order valence-corrected chi connectivity index (χ0v) is 16.7. The van der Waals surface area contributed by atoms with E-state index in [-0.39, 0.29) is 5.75 Å². The van der Waals surface area contributed by atoms with Crippen LogP contribution in [0.4, 0.5) is 4.79 Å². The van der Waals surface area contributed by atoms with Gasteiger partial charge in [-0.2, -0.15) is 0 Å². The van der Waals surface area contributed by atoms with E-state index < -0.39 is 29.3 Å². The summed E-state index contributed by atoms with van der Waals surface area (Å²) in [6, 6.07) is 2.46. The number of amides is 1. The molecule has 1 aromatic heterocycles. The van der Waals surface area contributed by atoms with Crippen molar-refractivity contribution in [2.45, 2.75) is 60.1 Å². The van der Waals surface area contributed by atoms with Crippen LogP contribution in [0.5, 0.6) is 5.75 Å². The summed E-state index contributed by atoms with van der Waals surface area (Å²) >= 11 is 0. The molecule has 0 saturated heterocycles. The molecule has 0 unspecified atom stereocenters. The van der Waals surface area contributed by atoms with Crippen molar-refractivity contribution in [3.8, 4) is 5.75 Å².